The predicted molar refractivity (Wildman–Crippen MR) is 101 cm³/mol. The molecular formula is C19H16ClN5. The summed E-state index contributed by atoms with van der Waals surface area (Å²) in [4.78, 5) is 8.92. The average molecular weight is 350 g/mol. The zero-order valence-corrected chi connectivity index (χ0v) is 14.6. The molecule has 0 atom stereocenters. The van der Waals surface area contributed by atoms with Gasteiger partial charge in [-0.15, -0.1) is 0 Å². The lowest BCUT2D eigenvalue weighted by molar-refractivity contribution is 1.10. The molecule has 3 rings (SSSR count). The Morgan fingerprint density at radius 1 is 0.960 bits per heavy atom. The number of hydrogen-bond acceptors (Lipinski definition) is 5. The van der Waals surface area contributed by atoms with Crippen LogP contribution in [0.25, 0.3) is 0 Å². The third-order valence-electron chi connectivity index (χ3n) is 3.58. The van der Waals surface area contributed by atoms with Gasteiger partial charge >= 0.3 is 0 Å². The van der Waals surface area contributed by atoms with Gasteiger partial charge in [-0.3, -0.25) is 0 Å². The average Bonchev–Trinajstić information content (AvgIpc) is 2.58. The van der Waals surface area contributed by atoms with Crippen molar-refractivity contribution in [2.75, 3.05) is 10.6 Å². The highest BCUT2D eigenvalue weighted by atomic mass is 35.5. The molecule has 0 saturated heterocycles. The monoisotopic (exact) mass is 349 g/mol. The van der Waals surface area contributed by atoms with E-state index in [4.69, 9.17) is 16.9 Å². The quantitative estimate of drug-likeness (QED) is 0.685. The lowest BCUT2D eigenvalue weighted by Gasteiger charge is -2.11. The number of aryl methyl sites for hydroxylation is 2. The Kier molecular flexibility index (Phi) is 4.82. The summed E-state index contributed by atoms with van der Waals surface area (Å²) in [7, 11) is 0. The van der Waals surface area contributed by atoms with Crippen LogP contribution in [-0.2, 0) is 0 Å². The van der Waals surface area contributed by atoms with Crippen LogP contribution in [0.2, 0.25) is 5.02 Å². The van der Waals surface area contributed by atoms with Gasteiger partial charge in [0.1, 0.15) is 5.82 Å². The first-order chi connectivity index (χ1) is 12.0. The molecule has 0 unspecified atom stereocenters. The van der Waals surface area contributed by atoms with E-state index in [0.29, 0.717) is 22.4 Å². The van der Waals surface area contributed by atoms with E-state index < -0.39 is 0 Å². The van der Waals surface area contributed by atoms with E-state index in [2.05, 4.69) is 26.7 Å². The Hall–Kier alpha value is -3.10. The van der Waals surface area contributed by atoms with Gasteiger partial charge in [0.15, 0.2) is 0 Å². The first-order valence-electron chi connectivity index (χ1n) is 7.69. The molecule has 0 bridgehead atoms. The number of nitrogens with zero attached hydrogens (tertiary/aromatic N) is 3. The first-order valence-corrected chi connectivity index (χ1v) is 8.07. The van der Waals surface area contributed by atoms with Crippen LogP contribution in [0.1, 0.15) is 16.8 Å². The van der Waals surface area contributed by atoms with Gasteiger partial charge in [-0.25, -0.2) is 4.98 Å². The van der Waals surface area contributed by atoms with Crippen molar-refractivity contribution in [1.29, 1.82) is 5.26 Å². The van der Waals surface area contributed by atoms with E-state index in [-0.39, 0.29) is 0 Å². The van der Waals surface area contributed by atoms with E-state index in [1.54, 1.807) is 12.1 Å². The van der Waals surface area contributed by atoms with E-state index in [0.717, 1.165) is 22.6 Å². The number of anilines is 4. The second-order valence-electron chi connectivity index (χ2n) is 5.62. The Balaban J connectivity index is 1.83. The van der Waals surface area contributed by atoms with E-state index in [1.807, 2.05) is 50.2 Å². The SMILES string of the molecule is Cc1cc(Nc2ccc(C#N)cc2)nc(Nc2ccc(Cl)cc2C)n1. The predicted octanol–water partition coefficient (Wildman–Crippen LogP) is 5.11. The Morgan fingerprint density at radius 3 is 2.40 bits per heavy atom. The number of nitrogens with one attached hydrogen (secondary N) is 2. The highest BCUT2D eigenvalue weighted by Crippen LogP contribution is 2.23. The molecule has 0 aliphatic rings. The number of hydrogen-bond donors (Lipinski definition) is 2. The number of aromatic nitrogens is 2. The summed E-state index contributed by atoms with van der Waals surface area (Å²) in [6.45, 7) is 3.88. The van der Waals surface area contributed by atoms with Crippen molar-refractivity contribution in [1.82, 2.24) is 9.97 Å². The van der Waals surface area contributed by atoms with Crippen molar-refractivity contribution in [2.45, 2.75) is 13.8 Å². The van der Waals surface area contributed by atoms with Gasteiger partial charge in [0.25, 0.3) is 0 Å². The maximum atomic E-state index is 8.86. The third kappa shape index (κ3) is 4.25. The van der Waals surface area contributed by atoms with Crippen LogP contribution >= 0.6 is 11.6 Å². The summed E-state index contributed by atoms with van der Waals surface area (Å²) in [6, 6.07) is 16.8. The molecule has 5 nitrogen and oxygen atoms in total. The molecule has 0 aliphatic heterocycles. The normalized spacial score (nSPS) is 10.2. The molecule has 0 spiro atoms. The van der Waals surface area contributed by atoms with Gasteiger partial charge in [-0.2, -0.15) is 10.2 Å². The molecule has 25 heavy (non-hydrogen) atoms. The van der Waals surface area contributed by atoms with Crippen LogP contribution in [0.4, 0.5) is 23.1 Å². The Morgan fingerprint density at radius 2 is 1.72 bits per heavy atom. The number of nitriles is 1. The zero-order chi connectivity index (χ0) is 17.8. The number of halogens is 1. The first kappa shape index (κ1) is 16.7. The fourth-order valence-corrected chi connectivity index (χ4v) is 2.58. The lowest BCUT2D eigenvalue weighted by Crippen LogP contribution is -2.03. The molecule has 0 amide bonds. The van der Waals surface area contributed by atoms with E-state index in [9.17, 15) is 0 Å². The highest BCUT2D eigenvalue weighted by molar-refractivity contribution is 6.30. The maximum Gasteiger partial charge on any atom is 0.229 e. The fraction of sp³-hybridized carbons (Fsp3) is 0.105. The fourth-order valence-electron chi connectivity index (χ4n) is 2.35. The molecule has 124 valence electrons. The summed E-state index contributed by atoms with van der Waals surface area (Å²) in [5, 5.41) is 16.0. The molecule has 0 aliphatic carbocycles. The Bertz CT molecular complexity index is 945. The highest BCUT2D eigenvalue weighted by Gasteiger charge is 2.06. The summed E-state index contributed by atoms with van der Waals surface area (Å²) in [6.07, 6.45) is 0. The summed E-state index contributed by atoms with van der Waals surface area (Å²) < 4.78 is 0. The topological polar surface area (TPSA) is 73.6 Å². The second kappa shape index (κ2) is 7.20. The molecule has 1 heterocycles. The van der Waals surface area contributed by atoms with Crippen molar-refractivity contribution < 1.29 is 0 Å². The molecule has 3 aromatic rings. The molecule has 0 radical (unpaired) electrons. The molecule has 0 fully saturated rings. The molecule has 2 N–H and O–H groups in total. The van der Waals surface area contributed by atoms with Crippen molar-refractivity contribution in [3.63, 3.8) is 0 Å². The molecule has 6 heteroatoms. The summed E-state index contributed by atoms with van der Waals surface area (Å²) >= 11 is 5.99. The van der Waals surface area contributed by atoms with Gasteiger partial charge < -0.3 is 10.6 Å². The van der Waals surface area contributed by atoms with Crippen molar-refractivity contribution in [2.24, 2.45) is 0 Å². The van der Waals surface area contributed by atoms with Crippen LogP contribution < -0.4 is 10.6 Å². The van der Waals surface area contributed by atoms with Crippen molar-refractivity contribution >= 4 is 34.7 Å². The number of rotatable bonds is 4. The third-order valence-corrected chi connectivity index (χ3v) is 3.81. The van der Waals surface area contributed by atoms with Crippen LogP contribution in [0.3, 0.4) is 0 Å². The lowest BCUT2D eigenvalue weighted by atomic mass is 10.2. The number of benzene rings is 2. The van der Waals surface area contributed by atoms with Gasteiger partial charge in [-0.05, 0) is 61.9 Å². The van der Waals surface area contributed by atoms with Gasteiger partial charge in [0, 0.05) is 28.2 Å². The second-order valence-corrected chi connectivity index (χ2v) is 6.05. The van der Waals surface area contributed by atoms with Crippen LogP contribution in [-0.4, -0.2) is 9.97 Å². The largest absolute Gasteiger partial charge is 0.340 e. The Labute approximate surface area is 151 Å². The van der Waals surface area contributed by atoms with Crippen molar-refractivity contribution in [3.8, 4) is 6.07 Å². The smallest absolute Gasteiger partial charge is 0.229 e. The molecule has 2 aromatic carbocycles. The van der Waals surface area contributed by atoms with Gasteiger partial charge in [0.2, 0.25) is 5.95 Å². The minimum absolute atomic E-state index is 0.501. The van der Waals surface area contributed by atoms with E-state index in [1.165, 1.54) is 0 Å². The summed E-state index contributed by atoms with van der Waals surface area (Å²) in [5.41, 5.74) is 4.22. The minimum Gasteiger partial charge on any atom is -0.340 e. The molecule has 0 saturated carbocycles. The van der Waals surface area contributed by atoms with Gasteiger partial charge in [-0.1, -0.05) is 11.6 Å². The maximum absolute atomic E-state index is 8.86. The van der Waals surface area contributed by atoms with Crippen LogP contribution in [0.5, 0.6) is 0 Å². The van der Waals surface area contributed by atoms with Crippen molar-refractivity contribution in [3.05, 3.63) is 70.4 Å². The molecule has 1 aromatic heterocycles. The molecular weight excluding hydrogens is 334 g/mol. The summed E-state index contributed by atoms with van der Waals surface area (Å²) in [5.74, 6) is 1.17. The zero-order valence-electron chi connectivity index (χ0n) is 13.8. The van der Waals surface area contributed by atoms with Crippen LogP contribution in [0.15, 0.2) is 48.5 Å². The van der Waals surface area contributed by atoms with E-state index >= 15 is 0 Å². The van der Waals surface area contributed by atoms with Crippen LogP contribution in [0, 0.1) is 25.2 Å². The van der Waals surface area contributed by atoms with Gasteiger partial charge in [0.05, 0.1) is 11.6 Å². The standard InChI is InChI=1S/C19H16ClN5/c1-12-9-15(20)5-8-17(12)24-19-22-13(2)10-18(25-19)23-16-6-3-14(11-21)4-7-16/h3-10H,1-2H3,(H2,22,23,24,25). The minimum atomic E-state index is 0.501.